The van der Waals surface area contributed by atoms with Gasteiger partial charge in [-0.15, -0.1) is 0 Å². The summed E-state index contributed by atoms with van der Waals surface area (Å²) in [4.78, 5) is 32.8. The highest BCUT2D eigenvalue weighted by molar-refractivity contribution is 5.69. The van der Waals surface area contributed by atoms with E-state index in [1.165, 1.54) is 232 Å². The highest BCUT2D eigenvalue weighted by atomic mass is 16.5. The number of carbonyl (C=O) groups excluding carboxylic acids is 2. The number of nitrogens with zero attached hydrogens (tertiary/aromatic N) is 3. The van der Waals surface area contributed by atoms with Crippen LogP contribution in [0.1, 0.15) is 297 Å². The van der Waals surface area contributed by atoms with E-state index in [0.717, 1.165) is 77.5 Å². The molecule has 0 aliphatic heterocycles. The number of hydrogen-bond acceptors (Lipinski definition) is 8. The van der Waals surface area contributed by atoms with Gasteiger partial charge >= 0.3 is 11.9 Å². The van der Waals surface area contributed by atoms with Crippen molar-refractivity contribution in [2.24, 2.45) is 0 Å². The van der Waals surface area contributed by atoms with Gasteiger partial charge in [-0.25, -0.2) is 0 Å². The summed E-state index contributed by atoms with van der Waals surface area (Å²) < 4.78 is 11.3. The van der Waals surface area contributed by atoms with E-state index in [0.29, 0.717) is 32.6 Å². The Bertz CT molecular complexity index is 886. The van der Waals surface area contributed by atoms with Crippen LogP contribution in [0.5, 0.6) is 0 Å². The molecule has 0 amide bonds. The maximum atomic E-state index is 12.6. The van der Waals surface area contributed by atoms with Gasteiger partial charge in [0.25, 0.3) is 0 Å². The molecule has 406 valence electrons. The first kappa shape index (κ1) is 66.8. The first-order chi connectivity index (χ1) is 33.5. The number of hydrogen-bond donors (Lipinski definition) is 1. The average Bonchev–Trinajstić information content (AvgIpc) is 3.34. The van der Waals surface area contributed by atoms with E-state index in [1.807, 2.05) is 0 Å². The third-order valence-corrected chi connectivity index (χ3v) is 14.2. The standard InChI is InChI=1S/C60H121N3O5/c1-5-9-13-17-21-25-29-35-47-61(48-36-30-26-22-18-14-10-6-2)51-39-33-45-59(65)67-57-43-41-53-63(55-56-64)54-42-44-58-68-60(66)46-34-40-52-62(49-37-31-27-23-19-15-11-7-3)50-38-32-28-24-20-16-12-8-4/h64H,5-58H2,1-4H3. The molecule has 0 fully saturated rings. The van der Waals surface area contributed by atoms with Gasteiger partial charge < -0.3 is 29.3 Å². The van der Waals surface area contributed by atoms with Crippen molar-refractivity contribution in [2.75, 3.05) is 78.7 Å². The summed E-state index contributed by atoms with van der Waals surface area (Å²) in [5, 5.41) is 9.66. The van der Waals surface area contributed by atoms with Gasteiger partial charge in [0.05, 0.1) is 19.8 Å². The fraction of sp³-hybridized carbons (Fsp3) is 0.967. The second kappa shape index (κ2) is 56.7. The van der Waals surface area contributed by atoms with E-state index in [-0.39, 0.29) is 18.5 Å². The van der Waals surface area contributed by atoms with Crippen LogP contribution >= 0.6 is 0 Å². The van der Waals surface area contributed by atoms with Gasteiger partial charge in [0.1, 0.15) is 0 Å². The molecule has 0 aromatic carbocycles. The molecule has 0 aliphatic rings. The highest BCUT2D eigenvalue weighted by Crippen LogP contribution is 2.15. The summed E-state index contributed by atoms with van der Waals surface area (Å²) >= 11 is 0. The molecule has 68 heavy (non-hydrogen) atoms. The van der Waals surface area contributed by atoms with Crippen molar-refractivity contribution < 1.29 is 24.2 Å². The predicted octanol–water partition coefficient (Wildman–Crippen LogP) is 16.4. The van der Waals surface area contributed by atoms with Gasteiger partial charge in [-0.05, 0) is 129 Å². The van der Waals surface area contributed by atoms with Gasteiger partial charge in [-0.1, -0.05) is 207 Å². The van der Waals surface area contributed by atoms with Crippen LogP contribution in [0.15, 0.2) is 0 Å². The second-order valence-corrected chi connectivity index (χ2v) is 20.9. The maximum absolute atomic E-state index is 12.6. The fourth-order valence-electron chi connectivity index (χ4n) is 9.63. The number of esters is 2. The number of aliphatic hydroxyl groups excluding tert-OH is 1. The summed E-state index contributed by atoms with van der Waals surface area (Å²) in [5.74, 6) is -0.121. The topological polar surface area (TPSA) is 82.5 Å². The van der Waals surface area contributed by atoms with Crippen LogP contribution in [-0.2, 0) is 19.1 Å². The van der Waals surface area contributed by atoms with Crippen LogP contribution in [0, 0.1) is 0 Å². The Morgan fingerprint density at radius 3 is 0.735 bits per heavy atom. The molecule has 0 aromatic rings. The number of carbonyl (C=O) groups is 2. The first-order valence-corrected chi connectivity index (χ1v) is 30.6. The zero-order valence-corrected chi connectivity index (χ0v) is 46.6. The summed E-state index contributed by atoms with van der Waals surface area (Å²) in [5.41, 5.74) is 0. The maximum Gasteiger partial charge on any atom is 0.305 e. The SMILES string of the molecule is CCCCCCCCCCN(CCCCCCCCCC)CCCCC(=O)OCCCCN(CCO)CCCCOC(=O)CCCCN(CCCCCCCCCC)CCCCCCCCCC. The number of aliphatic hydroxyl groups is 1. The molecule has 0 atom stereocenters. The van der Waals surface area contributed by atoms with Crippen LogP contribution in [-0.4, -0.2) is 110 Å². The molecule has 0 radical (unpaired) electrons. The van der Waals surface area contributed by atoms with Crippen molar-refractivity contribution in [3.05, 3.63) is 0 Å². The van der Waals surface area contributed by atoms with Gasteiger partial charge in [-0.2, -0.15) is 0 Å². The van der Waals surface area contributed by atoms with Crippen LogP contribution in [0.25, 0.3) is 0 Å². The molecule has 8 heteroatoms. The molecule has 0 bridgehead atoms. The predicted molar refractivity (Wildman–Crippen MR) is 295 cm³/mol. The van der Waals surface area contributed by atoms with Gasteiger partial charge in [0, 0.05) is 19.4 Å². The zero-order valence-electron chi connectivity index (χ0n) is 46.6. The lowest BCUT2D eigenvalue weighted by atomic mass is 10.1. The van der Waals surface area contributed by atoms with Crippen molar-refractivity contribution in [3.63, 3.8) is 0 Å². The van der Waals surface area contributed by atoms with E-state index < -0.39 is 0 Å². The number of ether oxygens (including phenoxy) is 2. The van der Waals surface area contributed by atoms with Gasteiger partial charge in [-0.3, -0.25) is 9.59 Å². The van der Waals surface area contributed by atoms with Crippen molar-refractivity contribution in [3.8, 4) is 0 Å². The fourth-order valence-corrected chi connectivity index (χ4v) is 9.63. The molecule has 1 N–H and O–H groups in total. The molecule has 8 nitrogen and oxygen atoms in total. The summed E-state index contributed by atoms with van der Waals surface area (Å²) in [6.07, 6.45) is 52.1. The Hall–Kier alpha value is -1.22. The molecule has 0 unspecified atom stereocenters. The molecular formula is C60H121N3O5. The van der Waals surface area contributed by atoms with Crippen LogP contribution < -0.4 is 0 Å². The van der Waals surface area contributed by atoms with Crippen molar-refractivity contribution in [2.45, 2.75) is 297 Å². The Morgan fingerprint density at radius 2 is 0.485 bits per heavy atom. The smallest absolute Gasteiger partial charge is 0.305 e. The molecule has 0 aromatic heterocycles. The molecule has 0 spiro atoms. The van der Waals surface area contributed by atoms with Gasteiger partial charge in [0.15, 0.2) is 0 Å². The van der Waals surface area contributed by atoms with Crippen LogP contribution in [0.4, 0.5) is 0 Å². The van der Waals surface area contributed by atoms with E-state index in [1.54, 1.807) is 0 Å². The second-order valence-electron chi connectivity index (χ2n) is 20.9. The third kappa shape index (κ3) is 51.1. The quantitative estimate of drug-likeness (QED) is 0.0477. The zero-order chi connectivity index (χ0) is 49.5. The van der Waals surface area contributed by atoms with Crippen molar-refractivity contribution >= 4 is 11.9 Å². The first-order valence-electron chi connectivity index (χ1n) is 30.6. The summed E-state index contributed by atoms with van der Waals surface area (Å²) in [6.45, 7) is 19.6. The third-order valence-electron chi connectivity index (χ3n) is 14.2. The Balaban J connectivity index is 4.27. The number of rotatable bonds is 58. The lowest BCUT2D eigenvalue weighted by Gasteiger charge is -2.22. The highest BCUT2D eigenvalue weighted by Gasteiger charge is 2.11. The molecule has 0 rings (SSSR count). The van der Waals surface area contributed by atoms with Crippen LogP contribution in [0.2, 0.25) is 0 Å². The van der Waals surface area contributed by atoms with E-state index in [2.05, 4.69) is 42.4 Å². The molecule has 0 heterocycles. The lowest BCUT2D eigenvalue weighted by Crippen LogP contribution is -2.29. The monoisotopic (exact) mass is 964 g/mol. The largest absolute Gasteiger partial charge is 0.466 e. The van der Waals surface area contributed by atoms with E-state index in [4.69, 9.17) is 9.47 Å². The average molecular weight is 965 g/mol. The minimum Gasteiger partial charge on any atom is -0.466 e. The molecule has 0 saturated carbocycles. The lowest BCUT2D eigenvalue weighted by molar-refractivity contribution is -0.144. The normalized spacial score (nSPS) is 11.8. The molecule has 0 saturated heterocycles. The molecule has 0 aliphatic carbocycles. The van der Waals surface area contributed by atoms with E-state index >= 15 is 0 Å². The minimum absolute atomic E-state index is 0.0606. The van der Waals surface area contributed by atoms with Crippen molar-refractivity contribution in [1.29, 1.82) is 0 Å². The van der Waals surface area contributed by atoms with E-state index in [9.17, 15) is 14.7 Å². The molecular weight excluding hydrogens is 843 g/mol. The minimum atomic E-state index is -0.0606. The Labute approximate surface area is 425 Å². The summed E-state index contributed by atoms with van der Waals surface area (Å²) in [7, 11) is 0. The van der Waals surface area contributed by atoms with Crippen LogP contribution in [0.3, 0.4) is 0 Å². The van der Waals surface area contributed by atoms with Gasteiger partial charge in [0.2, 0.25) is 0 Å². The Kier molecular flexibility index (Phi) is 55.7. The van der Waals surface area contributed by atoms with Crippen molar-refractivity contribution in [1.82, 2.24) is 14.7 Å². The number of unbranched alkanes of at least 4 members (excludes halogenated alkanes) is 32. The Morgan fingerprint density at radius 1 is 0.279 bits per heavy atom. The summed E-state index contributed by atoms with van der Waals surface area (Å²) in [6, 6.07) is 0.